The van der Waals surface area contributed by atoms with Crippen molar-refractivity contribution in [3.63, 3.8) is 0 Å². The van der Waals surface area contributed by atoms with E-state index in [1.165, 1.54) is 16.4 Å². The van der Waals surface area contributed by atoms with Crippen molar-refractivity contribution >= 4 is 27.3 Å². The van der Waals surface area contributed by atoms with Crippen molar-refractivity contribution in [1.29, 1.82) is 0 Å². The van der Waals surface area contributed by atoms with E-state index in [1.807, 2.05) is 25.1 Å². The van der Waals surface area contributed by atoms with Gasteiger partial charge in [0, 0.05) is 6.54 Å². The monoisotopic (exact) mass is 358 g/mol. The van der Waals surface area contributed by atoms with Gasteiger partial charge in [0.25, 0.3) is 15.9 Å². The second kappa shape index (κ2) is 5.77. The lowest BCUT2D eigenvalue weighted by Gasteiger charge is -2.32. The Morgan fingerprint density at radius 1 is 1.20 bits per heavy atom. The van der Waals surface area contributed by atoms with Crippen LogP contribution in [0.1, 0.15) is 17.5 Å². The summed E-state index contributed by atoms with van der Waals surface area (Å²) in [4.78, 5) is 11.6. The maximum atomic E-state index is 13.2. The number of benzene rings is 2. The smallest absolute Gasteiger partial charge is 0.264 e. The number of aryl methyl sites for hydroxylation is 2. The van der Waals surface area contributed by atoms with E-state index in [9.17, 15) is 13.2 Å². The summed E-state index contributed by atoms with van der Waals surface area (Å²) in [6.07, 6.45) is 1.65. The van der Waals surface area contributed by atoms with Crippen molar-refractivity contribution < 1.29 is 17.9 Å². The van der Waals surface area contributed by atoms with Crippen LogP contribution in [-0.2, 0) is 21.2 Å². The van der Waals surface area contributed by atoms with Gasteiger partial charge < -0.3 is 10.1 Å². The van der Waals surface area contributed by atoms with Crippen LogP contribution in [0.3, 0.4) is 0 Å². The summed E-state index contributed by atoms with van der Waals surface area (Å²) < 4.78 is 33.3. The number of hydrogen-bond acceptors (Lipinski definition) is 4. The van der Waals surface area contributed by atoms with Crippen molar-refractivity contribution in [2.24, 2.45) is 0 Å². The Balaban J connectivity index is 1.79. The van der Waals surface area contributed by atoms with Crippen LogP contribution in [0.15, 0.2) is 41.3 Å². The quantitative estimate of drug-likeness (QED) is 0.895. The fraction of sp³-hybridized carbons (Fsp3) is 0.278. The molecule has 0 fully saturated rings. The summed E-state index contributed by atoms with van der Waals surface area (Å²) in [6.45, 7) is 2.31. The van der Waals surface area contributed by atoms with Gasteiger partial charge >= 0.3 is 0 Å². The average molecular weight is 358 g/mol. The second-order valence-electron chi connectivity index (χ2n) is 6.26. The van der Waals surface area contributed by atoms with Gasteiger partial charge in [-0.15, -0.1) is 0 Å². The molecule has 6 nitrogen and oxygen atoms in total. The summed E-state index contributed by atoms with van der Waals surface area (Å²) in [5, 5.41) is 2.66. The fourth-order valence-corrected chi connectivity index (χ4v) is 5.03. The Hall–Kier alpha value is -2.54. The van der Waals surface area contributed by atoms with Gasteiger partial charge in [-0.3, -0.25) is 9.10 Å². The van der Waals surface area contributed by atoms with Crippen LogP contribution in [0.25, 0.3) is 0 Å². The van der Waals surface area contributed by atoms with Gasteiger partial charge in [0.2, 0.25) is 0 Å². The highest BCUT2D eigenvalue weighted by Gasteiger charge is 2.31. The van der Waals surface area contributed by atoms with Crippen molar-refractivity contribution in [3.8, 4) is 5.75 Å². The van der Waals surface area contributed by atoms with E-state index in [-0.39, 0.29) is 17.4 Å². The minimum Gasteiger partial charge on any atom is -0.482 e. The molecule has 2 aliphatic rings. The number of carbonyl (C=O) groups excluding carboxylic acids is 1. The Morgan fingerprint density at radius 2 is 2.04 bits per heavy atom. The zero-order chi connectivity index (χ0) is 17.6. The van der Waals surface area contributed by atoms with Crippen molar-refractivity contribution in [2.45, 2.75) is 24.7 Å². The summed E-state index contributed by atoms with van der Waals surface area (Å²) in [6, 6.07) is 10.4. The average Bonchev–Trinajstić information content (AvgIpc) is 2.61. The number of para-hydroxylation sites is 1. The molecule has 25 heavy (non-hydrogen) atoms. The van der Waals surface area contributed by atoms with Gasteiger partial charge in [0.1, 0.15) is 5.75 Å². The van der Waals surface area contributed by atoms with E-state index >= 15 is 0 Å². The molecule has 0 bridgehead atoms. The third kappa shape index (κ3) is 2.64. The Kier molecular flexibility index (Phi) is 3.68. The van der Waals surface area contributed by atoms with Crippen LogP contribution in [0.2, 0.25) is 0 Å². The fourth-order valence-electron chi connectivity index (χ4n) is 3.39. The first-order valence-electron chi connectivity index (χ1n) is 8.15. The lowest BCUT2D eigenvalue weighted by molar-refractivity contribution is -0.118. The lowest BCUT2D eigenvalue weighted by Crippen LogP contribution is -2.36. The van der Waals surface area contributed by atoms with Gasteiger partial charge in [0.15, 0.2) is 6.61 Å². The first-order valence-corrected chi connectivity index (χ1v) is 9.59. The standard InChI is InChI=1S/C18H18N2O4S/c1-12-4-2-5-13-6-3-9-20(18(12)13)25(22,23)14-7-8-16-15(10-14)19-17(21)11-24-16/h2,4-5,7-8,10H,3,6,9,11H2,1H3,(H,19,21). The summed E-state index contributed by atoms with van der Waals surface area (Å²) >= 11 is 0. The molecule has 2 aromatic rings. The van der Waals surface area contributed by atoms with Gasteiger partial charge in [-0.2, -0.15) is 0 Å². The molecule has 0 saturated heterocycles. The van der Waals surface area contributed by atoms with E-state index < -0.39 is 10.0 Å². The minimum atomic E-state index is -3.72. The van der Waals surface area contributed by atoms with E-state index in [0.717, 1.165) is 29.7 Å². The molecular weight excluding hydrogens is 340 g/mol. The maximum Gasteiger partial charge on any atom is 0.264 e. The Bertz CT molecular complexity index is 969. The van der Waals surface area contributed by atoms with Crippen LogP contribution in [0.4, 0.5) is 11.4 Å². The van der Waals surface area contributed by atoms with E-state index in [4.69, 9.17) is 4.74 Å². The highest BCUT2D eigenvalue weighted by molar-refractivity contribution is 7.92. The highest BCUT2D eigenvalue weighted by atomic mass is 32.2. The number of nitrogens with one attached hydrogen (secondary N) is 1. The molecule has 0 aromatic heterocycles. The van der Waals surface area contributed by atoms with Crippen molar-refractivity contribution in [3.05, 3.63) is 47.5 Å². The van der Waals surface area contributed by atoms with Gasteiger partial charge in [-0.1, -0.05) is 18.2 Å². The molecule has 1 amide bonds. The molecule has 0 aliphatic carbocycles. The van der Waals surface area contributed by atoms with Gasteiger partial charge in [-0.05, 0) is 49.1 Å². The SMILES string of the molecule is Cc1cccc2c1N(S(=O)(=O)c1ccc3c(c1)NC(=O)CO3)CCC2. The van der Waals surface area contributed by atoms with Gasteiger partial charge in [-0.25, -0.2) is 8.42 Å². The molecule has 2 aliphatic heterocycles. The number of hydrogen-bond donors (Lipinski definition) is 1. The summed E-state index contributed by atoms with van der Waals surface area (Å²) in [5.41, 5.74) is 3.14. The van der Waals surface area contributed by atoms with Crippen molar-refractivity contribution in [1.82, 2.24) is 0 Å². The van der Waals surface area contributed by atoms with Gasteiger partial charge in [0.05, 0.1) is 16.3 Å². The number of rotatable bonds is 2. The minimum absolute atomic E-state index is 0.0577. The van der Waals surface area contributed by atoms with E-state index in [1.54, 1.807) is 6.07 Å². The van der Waals surface area contributed by atoms with E-state index in [0.29, 0.717) is 18.0 Å². The molecule has 130 valence electrons. The number of fused-ring (bicyclic) bond motifs is 2. The molecule has 2 heterocycles. The molecule has 0 atom stereocenters. The third-order valence-electron chi connectivity index (χ3n) is 4.55. The summed E-state index contributed by atoms with van der Waals surface area (Å²) in [5.74, 6) is 0.190. The molecule has 0 radical (unpaired) electrons. The molecule has 0 unspecified atom stereocenters. The Labute approximate surface area is 146 Å². The van der Waals surface area contributed by atoms with E-state index in [2.05, 4.69) is 5.32 Å². The number of anilines is 2. The third-order valence-corrected chi connectivity index (χ3v) is 6.34. The highest BCUT2D eigenvalue weighted by Crippen LogP contribution is 2.37. The van der Waals surface area contributed by atoms with Crippen molar-refractivity contribution in [2.75, 3.05) is 22.8 Å². The predicted molar refractivity (Wildman–Crippen MR) is 94.6 cm³/mol. The van der Waals surface area contributed by atoms with Crippen LogP contribution in [0.5, 0.6) is 5.75 Å². The largest absolute Gasteiger partial charge is 0.482 e. The van der Waals surface area contributed by atoms with Crippen LogP contribution >= 0.6 is 0 Å². The number of nitrogens with zero attached hydrogens (tertiary/aromatic N) is 1. The number of ether oxygens (including phenoxy) is 1. The molecule has 2 aromatic carbocycles. The maximum absolute atomic E-state index is 13.2. The predicted octanol–water partition coefficient (Wildman–Crippen LogP) is 2.47. The first kappa shape index (κ1) is 16.0. The number of carbonyl (C=O) groups is 1. The lowest BCUT2D eigenvalue weighted by atomic mass is 10.0. The summed E-state index contributed by atoms with van der Waals surface area (Å²) in [7, 11) is -3.72. The molecular formula is C18H18N2O4S. The zero-order valence-corrected chi connectivity index (χ0v) is 14.6. The molecule has 1 N–H and O–H groups in total. The first-order chi connectivity index (χ1) is 12.0. The second-order valence-corrected chi connectivity index (χ2v) is 8.12. The topological polar surface area (TPSA) is 75.7 Å². The van der Waals surface area contributed by atoms with Crippen LogP contribution in [-0.4, -0.2) is 27.5 Å². The number of sulfonamides is 1. The van der Waals surface area contributed by atoms with Crippen LogP contribution in [0, 0.1) is 6.92 Å². The normalized spacial score (nSPS) is 16.5. The molecule has 7 heteroatoms. The number of amides is 1. The molecule has 0 saturated carbocycles. The van der Waals surface area contributed by atoms with Crippen LogP contribution < -0.4 is 14.4 Å². The zero-order valence-electron chi connectivity index (χ0n) is 13.8. The Morgan fingerprint density at radius 3 is 2.88 bits per heavy atom. The molecule has 0 spiro atoms. The molecule has 4 rings (SSSR count).